The number of benzene rings is 3. The molecule has 0 bridgehead atoms. The zero-order valence-electron chi connectivity index (χ0n) is 21.4. The first kappa shape index (κ1) is 27.7. The lowest BCUT2D eigenvalue weighted by molar-refractivity contribution is 0.130. The smallest absolute Gasteiger partial charge is 0.416 e. The Morgan fingerprint density at radius 3 is 1.78 bits per heavy atom. The highest BCUT2D eigenvalue weighted by Crippen LogP contribution is 2.49. The van der Waals surface area contributed by atoms with E-state index in [9.17, 15) is 4.57 Å². The Labute approximate surface area is 225 Å². The van der Waals surface area contributed by atoms with Gasteiger partial charge in [0.2, 0.25) is 0 Å². The van der Waals surface area contributed by atoms with E-state index in [1.807, 2.05) is 78.5 Å². The molecule has 37 heavy (non-hydrogen) atoms. The molecule has 1 aliphatic heterocycles. The summed E-state index contributed by atoms with van der Waals surface area (Å²) in [5, 5.41) is 0. The predicted molar refractivity (Wildman–Crippen MR) is 154 cm³/mol. The molecule has 0 amide bonds. The largest absolute Gasteiger partial charge is 0.430 e. The number of piperazine rings is 1. The van der Waals surface area contributed by atoms with Gasteiger partial charge in [-0.05, 0) is 62.3 Å². The first-order valence-electron chi connectivity index (χ1n) is 13.0. The van der Waals surface area contributed by atoms with Gasteiger partial charge in [0.25, 0.3) is 0 Å². The second kappa shape index (κ2) is 14.6. The maximum absolute atomic E-state index is 13.7. The van der Waals surface area contributed by atoms with Gasteiger partial charge in [-0.1, -0.05) is 54.6 Å². The second-order valence-corrected chi connectivity index (χ2v) is 12.5. The van der Waals surface area contributed by atoms with Crippen LogP contribution in [0.4, 0.5) is 0 Å². The van der Waals surface area contributed by atoms with Gasteiger partial charge in [-0.3, -0.25) is 0 Å². The third-order valence-electron chi connectivity index (χ3n) is 6.37. The zero-order valence-corrected chi connectivity index (χ0v) is 23.1. The minimum Gasteiger partial charge on any atom is -0.416 e. The van der Waals surface area contributed by atoms with Crippen molar-refractivity contribution in [1.29, 1.82) is 0 Å². The Balaban J connectivity index is 1.17. The van der Waals surface area contributed by atoms with Crippen LogP contribution in [0.5, 0.6) is 11.5 Å². The fourth-order valence-electron chi connectivity index (χ4n) is 4.27. The summed E-state index contributed by atoms with van der Waals surface area (Å²) in [7, 11) is -3.35. The lowest BCUT2D eigenvalue weighted by Crippen LogP contribution is -2.47. The summed E-state index contributed by atoms with van der Waals surface area (Å²) in [5.41, 5.74) is 6.37. The van der Waals surface area contributed by atoms with Crippen molar-refractivity contribution in [2.24, 2.45) is 5.73 Å². The van der Waals surface area contributed by atoms with Crippen LogP contribution in [0.2, 0.25) is 0 Å². The van der Waals surface area contributed by atoms with Crippen molar-refractivity contribution in [3.05, 3.63) is 91.0 Å². The summed E-state index contributed by atoms with van der Waals surface area (Å²) in [6, 6.07) is 29.2. The lowest BCUT2D eigenvalue weighted by Gasteiger charge is -2.35. The molecule has 1 aliphatic rings. The van der Waals surface area contributed by atoms with E-state index >= 15 is 0 Å². The van der Waals surface area contributed by atoms with E-state index in [1.165, 1.54) is 4.90 Å². The van der Waals surface area contributed by atoms with E-state index in [0.29, 0.717) is 17.7 Å². The molecule has 1 fully saturated rings. The van der Waals surface area contributed by atoms with Gasteiger partial charge in [0.05, 0.1) is 6.16 Å². The molecule has 0 spiro atoms. The Morgan fingerprint density at radius 2 is 1.24 bits per heavy atom. The van der Waals surface area contributed by atoms with Crippen molar-refractivity contribution < 1.29 is 13.6 Å². The van der Waals surface area contributed by atoms with Gasteiger partial charge < -0.3 is 24.6 Å². The van der Waals surface area contributed by atoms with Gasteiger partial charge in [0.15, 0.2) is 0 Å². The quantitative estimate of drug-likeness (QED) is 0.203. The fraction of sp³-hybridized carbons (Fsp3) is 0.379. The second-order valence-electron chi connectivity index (χ2n) is 9.35. The summed E-state index contributed by atoms with van der Waals surface area (Å²) in [6.45, 7) is 6.01. The summed E-state index contributed by atoms with van der Waals surface area (Å²) >= 11 is 1.83. The molecule has 0 saturated carbocycles. The molecule has 8 heteroatoms. The van der Waals surface area contributed by atoms with Crippen LogP contribution < -0.4 is 14.8 Å². The summed E-state index contributed by atoms with van der Waals surface area (Å²) < 4.78 is 25.5. The van der Waals surface area contributed by atoms with Gasteiger partial charge in [0, 0.05) is 42.9 Å². The first-order chi connectivity index (χ1) is 18.1. The van der Waals surface area contributed by atoms with E-state index in [-0.39, 0.29) is 6.04 Å². The highest BCUT2D eigenvalue weighted by molar-refractivity contribution is 7.99. The van der Waals surface area contributed by atoms with E-state index in [2.05, 4.69) is 34.1 Å². The zero-order chi connectivity index (χ0) is 25.8. The molecule has 0 aliphatic carbocycles. The fourth-order valence-corrected chi connectivity index (χ4v) is 6.83. The molecule has 0 radical (unpaired) electrons. The van der Waals surface area contributed by atoms with Crippen molar-refractivity contribution in [1.82, 2.24) is 9.80 Å². The number of para-hydroxylation sites is 2. The van der Waals surface area contributed by atoms with Crippen LogP contribution in [-0.2, 0) is 4.57 Å². The van der Waals surface area contributed by atoms with Gasteiger partial charge in [-0.25, -0.2) is 4.57 Å². The Bertz CT molecular complexity index is 1040. The van der Waals surface area contributed by atoms with Crippen LogP contribution in [0.1, 0.15) is 12.8 Å². The number of rotatable bonds is 14. The van der Waals surface area contributed by atoms with Crippen molar-refractivity contribution in [2.45, 2.75) is 23.8 Å². The molecule has 1 atom stereocenters. The van der Waals surface area contributed by atoms with E-state index in [4.69, 9.17) is 14.8 Å². The van der Waals surface area contributed by atoms with E-state index in [1.54, 1.807) is 0 Å². The van der Waals surface area contributed by atoms with Crippen LogP contribution in [0.25, 0.3) is 0 Å². The third kappa shape index (κ3) is 9.84. The van der Waals surface area contributed by atoms with Crippen LogP contribution >= 0.6 is 19.4 Å². The Hall–Kier alpha value is -2.28. The summed E-state index contributed by atoms with van der Waals surface area (Å²) in [4.78, 5) is 6.22. The van der Waals surface area contributed by atoms with Crippen molar-refractivity contribution in [3.63, 3.8) is 0 Å². The molecule has 3 aromatic carbocycles. The number of nitrogens with two attached hydrogens (primary N) is 1. The number of hydrogen-bond acceptors (Lipinski definition) is 7. The van der Waals surface area contributed by atoms with Gasteiger partial charge in [0.1, 0.15) is 11.5 Å². The molecule has 2 N–H and O–H groups in total. The molecule has 1 saturated heterocycles. The highest BCUT2D eigenvalue weighted by atomic mass is 32.2. The molecular weight excluding hydrogens is 501 g/mol. The molecular formula is C29H38N3O3PS. The minimum atomic E-state index is -3.35. The maximum Gasteiger partial charge on any atom is 0.430 e. The monoisotopic (exact) mass is 539 g/mol. The average Bonchev–Trinajstić information content (AvgIpc) is 2.93. The van der Waals surface area contributed by atoms with Crippen molar-refractivity contribution in [3.8, 4) is 11.5 Å². The van der Waals surface area contributed by atoms with E-state index in [0.717, 1.165) is 57.9 Å². The summed E-state index contributed by atoms with van der Waals surface area (Å²) in [6.07, 6.45) is 2.13. The number of hydrogen-bond donors (Lipinski definition) is 1. The maximum atomic E-state index is 13.7. The van der Waals surface area contributed by atoms with E-state index < -0.39 is 7.60 Å². The van der Waals surface area contributed by atoms with Crippen LogP contribution in [0.3, 0.4) is 0 Å². The third-order valence-corrected chi connectivity index (χ3v) is 9.41. The SMILES string of the molecule is NC(CCN1CCN(CCCP(=O)(Oc2ccccc2)Oc2ccccc2)CC1)CSc1ccccc1. The van der Waals surface area contributed by atoms with Crippen LogP contribution in [-0.4, -0.2) is 67.0 Å². The van der Waals surface area contributed by atoms with Crippen LogP contribution in [0.15, 0.2) is 95.9 Å². The van der Waals surface area contributed by atoms with Gasteiger partial charge in [-0.2, -0.15) is 0 Å². The Kier molecular flexibility index (Phi) is 11.0. The van der Waals surface area contributed by atoms with Crippen LogP contribution in [0, 0.1) is 0 Å². The molecule has 1 heterocycles. The van der Waals surface area contributed by atoms with Gasteiger partial charge >= 0.3 is 7.60 Å². The van der Waals surface area contributed by atoms with Gasteiger partial charge in [-0.15, -0.1) is 11.8 Å². The molecule has 0 aromatic heterocycles. The van der Waals surface area contributed by atoms with Crippen molar-refractivity contribution in [2.75, 3.05) is 51.2 Å². The number of thioether (sulfide) groups is 1. The standard InChI is InChI=1S/C29H38N3O3PS/c30-26(25-37-29-15-8-3-9-16-29)17-19-32-22-20-31(21-23-32)18-10-24-36(33,34-27-11-4-1-5-12-27)35-28-13-6-2-7-14-28/h1-9,11-16,26H,10,17-25,30H2. The minimum absolute atomic E-state index is 0.201. The lowest BCUT2D eigenvalue weighted by atomic mass is 10.2. The Morgan fingerprint density at radius 1 is 0.757 bits per heavy atom. The summed E-state index contributed by atoms with van der Waals surface area (Å²) in [5.74, 6) is 2.08. The normalized spacial score (nSPS) is 15.8. The molecule has 1 unspecified atom stereocenters. The average molecular weight is 540 g/mol. The first-order valence-corrected chi connectivity index (χ1v) is 15.8. The molecule has 4 rings (SSSR count). The predicted octanol–water partition coefficient (Wildman–Crippen LogP) is 5.85. The number of nitrogens with zero attached hydrogens (tertiary/aromatic N) is 2. The molecule has 3 aromatic rings. The highest BCUT2D eigenvalue weighted by Gasteiger charge is 2.28. The van der Waals surface area contributed by atoms with Crippen molar-refractivity contribution >= 4 is 19.4 Å². The molecule has 198 valence electrons. The topological polar surface area (TPSA) is 68.0 Å². The molecule has 6 nitrogen and oxygen atoms in total.